The Morgan fingerprint density at radius 3 is 2.66 bits per heavy atom. The summed E-state index contributed by atoms with van der Waals surface area (Å²) in [5.74, 6) is -0.457. The summed E-state index contributed by atoms with van der Waals surface area (Å²) in [5.41, 5.74) is 6.58. The molecule has 4 heterocycles. The van der Waals surface area contributed by atoms with Crippen molar-refractivity contribution in [2.24, 2.45) is 10.1 Å². The van der Waals surface area contributed by atoms with Gasteiger partial charge in [0, 0.05) is 30.2 Å². The van der Waals surface area contributed by atoms with E-state index >= 15 is 0 Å². The minimum Gasteiger partial charge on any atom is -0.342 e. The minimum absolute atomic E-state index is 0.0207. The summed E-state index contributed by atoms with van der Waals surface area (Å²) >= 11 is 1.19. The monoisotopic (exact) mass is 488 g/mol. The first-order chi connectivity index (χ1) is 16.7. The van der Waals surface area contributed by atoms with Crippen LogP contribution < -0.4 is 0 Å². The zero-order valence-corrected chi connectivity index (χ0v) is 21.2. The number of nitrogens with one attached hydrogen (secondary N) is 1. The molecular formula is C26H28N6O2S. The van der Waals surface area contributed by atoms with Gasteiger partial charge in [-0.3, -0.25) is 15.0 Å². The van der Waals surface area contributed by atoms with Gasteiger partial charge in [-0.1, -0.05) is 12.1 Å². The summed E-state index contributed by atoms with van der Waals surface area (Å²) < 4.78 is 2.17. The Labute approximate surface area is 208 Å². The maximum absolute atomic E-state index is 12.9. The molecule has 1 fully saturated rings. The molecule has 1 aromatic carbocycles. The second kappa shape index (κ2) is 8.96. The summed E-state index contributed by atoms with van der Waals surface area (Å²) in [6.45, 7) is 9.81. The van der Waals surface area contributed by atoms with Gasteiger partial charge >= 0.3 is 0 Å². The maximum Gasteiger partial charge on any atom is 0.283 e. The molecule has 35 heavy (non-hydrogen) atoms. The number of aromatic nitrogens is 1. The molecule has 9 heteroatoms. The van der Waals surface area contributed by atoms with Crippen LogP contribution in [0.5, 0.6) is 0 Å². The number of aryl methyl sites for hydroxylation is 2. The lowest BCUT2D eigenvalue weighted by atomic mass is 10.1. The standard InChI is InChI=1S/C26H28N6O2S/c1-15-8-7-9-21(17(15)3)31-16(2)12-19(18(31)4)13-20-24(27)32-26(28-25(20)34)35-22(29-32)14-23(33)30-10-5-6-11-30/h7-9,12-13,27H,5-6,10-11,14H2,1-4H3/b20-13-,27-24?. The number of carbonyl (C=O) groups is 2. The Morgan fingerprint density at radius 1 is 1.17 bits per heavy atom. The smallest absolute Gasteiger partial charge is 0.283 e. The van der Waals surface area contributed by atoms with Gasteiger partial charge in [0.1, 0.15) is 5.04 Å². The number of rotatable bonds is 4. The van der Waals surface area contributed by atoms with E-state index in [-0.39, 0.29) is 23.7 Å². The molecule has 0 spiro atoms. The summed E-state index contributed by atoms with van der Waals surface area (Å²) in [6, 6.07) is 8.24. The predicted molar refractivity (Wildman–Crippen MR) is 140 cm³/mol. The van der Waals surface area contributed by atoms with Gasteiger partial charge in [-0.25, -0.2) is 0 Å². The van der Waals surface area contributed by atoms with Gasteiger partial charge in [0.25, 0.3) is 5.91 Å². The average Bonchev–Trinajstić information content (AvgIpc) is 3.54. The molecule has 0 saturated carbocycles. The van der Waals surface area contributed by atoms with E-state index in [4.69, 9.17) is 5.41 Å². The van der Waals surface area contributed by atoms with E-state index in [2.05, 4.69) is 40.6 Å². The number of fused-ring (bicyclic) bond motifs is 1. The molecule has 8 nitrogen and oxygen atoms in total. The highest BCUT2D eigenvalue weighted by Crippen LogP contribution is 2.31. The van der Waals surface area contributed by atoms with E-state index in [1.165, 1.54) is 27.9 Å². The quantitative estimate of drug-likeness (QED) is 0.648. The first kappa shape index (κ1) is 23.3. The minimum atomic E-state index is -0.465. The maximum atomic E-state index is 12.9. The molecule has 180 valence electrons. The van der Waals surface area contributed by atoms with Crippen molar-refractivity contribution < 1.29 is 9.59 Å². The Bertz CT molecular complexity index is 1360. The third kappa shape index (κ3) is 4.14. The Morgan fingerprint density at radius 2 is 1.91 bits per heavy atom. The van der Waals surface area contributed by atoms with E-state index in [0.717, 1.165) is 48.6 Å². The number of hydrogen-bond donors (Lipinski definition) is 1. The highest BCUT2D eigenvalue weighted by Gasteiger charge is 2.36. The van der Waals surface area contributed by atoms with Gasteiger partial charge in [-0.2, -0.15) is 15.1 Å². The fourth-order valence-corrected chi connectivity index (χ4v) is 5.62. The summed E-state index contributed by atoms with van der Waals surface area (Å²) in [4.78, 5) is 31.4. The number of aliphatic imine (C=N–C) groups is 1. The normalized spacial score (nSPS) is 18.9. The van der Waals surface area contributed by atoms with Gasteiger partial charge < -0.3 is 9.47 Å². The lowest BCUT2D eigenvalue weighted by Gasteiger charge is -2.20. The predicted octanol–water partition coefficient (Wildman–Crippen LogP) is 4.34. The molecule has 1 N–H and O–H groups in total. The van der Waals surface area contributed by atoms with Gasteiger partial charge in [0.2, 0.25) is 11.1 Å². The van der Waals surface area contributed by atoms with Crippen molar-refractivity contribution in [3.05, 3.63) is 57.9 Å². The fraction of sp³-hybridized carbons (Fsp3) is 0.346. The SMILES string of the molecule is Cc1cccc(-n2c(C)cc(/C=C3/C(=N)N4N=C(CC(=O)N5CCCC5)SC4=NC3=O)c2C)c1C. The van der Waals surface area contributed by atoms with Crippen LogP contribution in [0.4, 0.5) is 0 Å². The fourth-order valence-electron chi connectivity index (χ4n) is 4.75. The molecule has 1 saturated heterocycles. The molecule has 2 aromatic rings. The molecule has 3 aliphatic heterocycles. The number of amidine groups is 2. The van der Waals surface area contributed by atoms with Crippen molar-refractivity contribution in [2.45, 2.75) is 47.0 Å². The molecule has 0 atom stereocenters. The van der Waals surface area contributed by atoms with Crippen LogP contribution in [0, 0.1) is 33.1 Å². The number of hydrazone groups is 1. The molecule has 0 bridgehead atoms. The van der Waals surface area contributed by atoms with E-state index in [0.29, 0.717) is 10.2 Å². The number of hydrogen-bond acceptors (Lipinski definition) is 5. The van der Waals surface area contributed by atoms with Gasteiger partial charge in [0.05, 0.1) is 12.0 Å². The van der Waals surface area contributed by atoms with E-state index in [1.54, 1.807) is 6.08 Å². The van der Waals surface area contributed by atoms with Crippen molar-refractivity contribution in [3.8, 4) is 5.69 Å². The molecule has 0 radical (unpaired) electrons. The van der Waals surface area contributed by atoms with E-state index in [9.17, 15) is 9.59 Å². The number of likely N-dealkylation sites (tertiary alicyclic amines) is 1. The Hall–Kier alpha value is -3.46. The summed E-state index contributed by atoms with van der Waals surface area (Å²) in [5, 5.41) is 15.4. The Balaban J connectivity index is 1.43. The van der Waals surface area contributed by atoms with Gasteiger partial charge in [-0.15, -0.1) is 0 Å². The molecule has 0 aliphatic carbocycles. The van der Waals surface area contributed by atoms with Crippen LogP contribution in [-0.2, 0) is 9.59 Å². The van der Waals surface area contributed by atoms with Crippen LogP contribution in [0.1, 0.15) is 47.3 Å². The van der Waals surface area contributed by atoms with Crippen LogP contribution in [-0.4, -0.2) is 55.4 Å². The third-order valence-electron chi connectivity index (χ3n) is 6.84. The molecule has 5 rings (SSSR count). The number of thioether (sulfide) groups is 1. The van der Waals surface area contributed by atoms with Crippen LogP contribution in [0.25, 0.3) is 11.8 Å². The highest BCUT2D eigenvalue weighted by molar-refractivity contribution is 8.27. The summed E-state index contributed by atoms with van der Waals surface area (Å²) in [6.07, 6.45) is 3.95. The highest BCUT2D eigenvalue weighted by atomic mass is 32.2. The zero-order chi connectivity index (χ0) is 24.9. The van der Waals surface area contributed by atoms with Crippen LogP contribution >= 0.6 is 11.8 Å². The molecule has 2 amide bonds. The third-order valence-corrected chi connectivity index (χ3v) is 7.75. The molecule has 3 aliphatic rings. The van der Waals surface area contributed by atoms with Crippen molar-refractivity contribution in [3.63, 3.8) is 0 Å². The molecular weight excluding hydrogens is 460 g/mol. The second-order valence-corrected chi connectivity index (χ2v) is 10.2. The van der Waals surface area contributed by atoms with Crippen molar-refractivity contribution in [2.75, 3.05) is 13.1 Å². The first-order valence-corrected chi connectivity index (χ1v) is 12.6. The molecule has 1 aromatic heterocycles. The Kier molecular flexibility index (Phi) is 5.96. The van der Waals surface area contributed by atoms with Crippen LogP contribution in [0.2, 0.25) is 0 Å². The topological polar surface area (TPSA) is 94.1 Å². The van der Waals surface area contributed by atoms with E-state index in [1.807, 2.05) is 30.9 Å². The van der Waals surface area contributed by atoms with E-state index < -0.39 is 5.91 Å². The number of carbonyl (C=O) groups excluding carboxylic acids is 2. The largest absolute Gasteiger partial charge is 0.342 e. The van der Waals surface area contributed by atoms with Crippen molar-refractivity contribution in [1.82, 2.24) is 14.5 Å². The molecule has 0 unspecified atom stereocenters. The van der Waals surface area contributed by atoms with Gasteiger partial charge in [-0.05, 0) is 87.2 Å². The second-order valence-electron chi connectivity index (χ2n) is 9.16. The zero-order valence-electron chi connectivity index (χ0n) is 20.4. The number of amides is 2. The lowest BCUT2D eigenvalue weighted by molar-refractivity contribution is -0.128. The van der Waals surface area contributed by atoms with Crippen molar-refractivity contribution in [1.29, 1.82) is 5.41 Å². The first-order valence-electron chi connectivity index (χ1n) is 11.8. The van der Waals surface area contributed by atoms with Crippen LogP contribution in [0.15, 0.2) is 39.9 Å². The number of benzene rings is 1. The number of nitrogens with zero attached hydrogens (tertiary/aromatic N) is 5. The van der Waals surface area contributed by atoms with Crippen molar-refractivity contribution >= 4 is 45.7 Å². The summed E-state index contributed by atoms with van der Waals surface area (Å²) in [7, 11) is 0. The van der Waals surface area contributed by atoms with Crippen LogP contribution in [0.3, 0.4) is 0 Å². The average molecular weight is 489 g/mol. The lowest BCUT2D eigenvalue weighted by Crippen LogP contribution is -2.35. The van der Waals surface area contributed by atoms with Gasteiger partial charge in [0.15, 0.2) is 5.84 Å².